The SMILES string of the molecule is CN(C)CCNC(=O)C(=O)NCC1OCCCN1S(=O)(=O)c1ccc(Cl)cc1. The minimum absolute atomic E-state index is 0.0835. The fourth-order valence-corrected chi connectivity index (χ4v) is 4.27. The van der Waals surface area contributed by atoms with E-state index < -0.39 is 28.1 Å². The molecular weight excluding hydrogens is 408 g/mol. The largest absolute Gasteiger partial charge is 0.360 e. The second kappa shape index (κ2) is 10.2. The molecule has 1 aliphatic heterocycles. The van der Waals surface area contributed by atoms with Crippen LogP contribution in [0, 0.1) is 0 Å². The highest BCUT2D eigenvalue weighted by Gasteiger charge is 2.34. The third kappa shape index (κ3) is 6.14. The Balaban J connectivity index is 1.98. The van der Waals surface area contributed by atoms with Crippen molar-refractivity contribution in [2.24, 2.45) is 0 Å². The van der Waals surface area contributed by atoms with Crippen LogP contribution in [0.3, 0.4) is 0 Å². The molecule has 0 saturated carbocycles. The monoisotopic (exact) mass is 432 g/mol. The number of ether oxygens (including phenoxy) is 1. The van der Waals surface area contributed by atoms with E-state index in [1.807, 2.05) is 19.0 Å². The van der Waals surface area contributed by atoms with Crippen molar-refractivity contribution < 1.29 is 22.7 Å². The van der Waals surface area contributed by atoms with E-state index in [-0.39, 0.29) is 18.0 Å². The fraction of sp³-hybridized carbons (Fsp3) is 0.529. The normalized spacial score (nSPS) is 18.1. The highest BCUT2D eigenvalue weighted by atomic mass is 35.5. The molecule has 0 radical (unpaired) electrons. The number of carbonyl (C=O) groups excluding carboxylic acids is 2. The lowest BCUT2D eigenvalue weighted by molar-refractivity contribution is -0.140. The van der Waals surface area contributed by atoms with Crippen LogP contribution in [0.2, 0.25) is 5.02 Å². The Hall–Kier alpha value is -1.72. The van der Waals surface area contributed by atoms with Crippen LogP contribution in [-0.2, 0) is 24.3 Å². The predicted molar refractivity (Wildman–Crippen MR) is 104 cm³/mol. The molecule has 0 aliphatic carbocycles. The molecule has 1 unspecified atom stereocenters. The minimum atomic E-state index is -3.83. The lowest BCUT2D eigenvalue weighted by Gasteiger charge is -2.34. The molecule has 1 fully saturated rings. The minimum Gasteiger partial charge on any atom is -0.360 e. The zero-order chi connectivity index (χ0) is 20.7. The van der Waals surface area contributed by atoms with Crippen LogP contribution >= 0.6 is 11.6 Å². The molecule has 0 aromatic heterocycles. The summed E-state index contributed by atoms with van der Waals surface area (Å²) in [5.41, 5.74) is 0. The first-order chi connectivity index (χ1) is 13.2. The molecule has 1 aromatic rings. The average molecular weight is 433 g/mol. The van der Waals surface area contributed by atoms with Gasteiger partial charge in [0.2, 0.25) is 10.0 Å². The van der Waals surface area contributed by atoms with E-state index in [0.717, 1.165) is 0 Å². The van der Waals surface area contributed by atoms with Gasteiger partial charge in [0, 0.05) is 24.7 Å². The number of carbonyl (C=O) groups is 2. The molecule has 11 heteroatoms. The Labute approximate surface area is 170 Å². The van der Waals surface area contributed by atoms with Gasteiger partial charge in [0.05, 0.1) is 18.0 Å². The van der Waals surface area contributed by atoms with Crippen LogP contribution in [0.5, 0.6) is 0 Å². The third-order valence-electron chi connectivity index (χ3n) is 4.06. The first-order valence-corrected chi connectivity index (χ1v) is 10.6. The molecule has 9 nitrogen and oxygen atoms in total. The van der Waals surface area contributed by atoms with Gasteiger partial charge in [-0.3, -0.25) is 9.59 Å². The van der Waals surface area contributed by atoms with Crippen LogP contribution in [0.1, 0.15) is 6.42 Å². The van der Waals surface area contributed by atoms with Gasteiger partial charge in [0.25, 0.3) is 0 Å². The summed E-state index contributed by atoms with van der Waals surface area (Å²) < 4.78 is 32.5. The third-order valence-corrected chi connectivity index (χ3v) is 6.22. The van der Waals surface area contributed by atoms with Gasteiger partial charge >= 0.3 is 11.8 Å². The van der Waals surface area contributed by atoms with Crippen molar-refractivity contribution in [3.8, 4) is 0 Å². The van der Waals surface area contributed by atoms with E-state index in [1.54, 1.807) is 0 Å². The lowest BCUT2D eigenvalue weighted by atomic mass is 10.3. The zero-order valence-corrected chi connectivity index (χ0v) is 17.4. The summed E-state index contributed by atoms with van der Waals surface area (Å²) in [4.78, 5) is 25.7. The number of nitrogens with one attached hydrogen (secondary N) is 2. The highest BCUT2D eigenvalue weighted by Crippen LogP contribution is 2.23. The van der Waals surface area contributed by atoms with Crippen LogP contribution in [0.15, 0.2) is 29.2 Å². The van der Waals surface area contributed by atoms with E-state index in [0.29, 0.717) is 31.1 Å². The first-order valence-electron chi connectivity index (χ1n) is 8.81. The Morgan fingerprint density at radius 3 is 2.50 bits per heavy atom. The van der Waals surface area contributed by atoms with Gasteiger partial charge in [-0.15, -0.1) is 0 Å². The van der Waals surface area contributed by atoms with Gasteiger partial charge in [-0.2, -0.15) is 4.31 Å². The molecular formula is C17H25ClN4O5S. The van der Waals surface area contributed by atoms with E-state index in [1.165, 1.54) is 28.6 Å². The molecule has 2 amide bonds. The lowest BCUT2D eigenvalue weighted by Crippen LogP contribution is -2.53. The molecule has 0 bridgehead atoms. The Kier molecular flexibility index (Phi) is 8.20. The van der Waals surface area contributed by atoms with Crippen molar-refractivity contribution in [3.05, 3.63) is 29.3 Å². The maximum absolute atomic E-state index is 12.9. The first kappa shape index (κ1) is 22.6. The second-order valence-corrected chi connectivity index (χ2v) is 8.84. The van der Waals surface area contributed by atoms with Crippen molar-refractivity contribution in [2.75, 3.05) is 46.9 Å². The second-order valence-electron chi connectivity index (χ2n) is 6.52. The number of hydrogen-bond donors (Lipinski definition) is 2. The number of hydrogen-bond acceptors (Lipinski definition) is 6. The summed E-state index contributed by atoms with van der Waals surface area (Å²) >= 11 is 5.82. The topological polar surface area (TPSA) is 108 Å². The van der Waals surface area contributed by atoms with Crippen LogP contribution < -0.4 is 10.6 Å². The number of rotatable bonds is 7. The van der Waals surface area contributed by atoms with Gasteiger partial charge in [0.1, 0.15) is 6.23 Å². The summed E-state index contributed by atoms with van der Waals surface area (Å²) in [5.74, 6) is -1.61. The van der Waals surface area contributed by atoms with Gasteiger partial charge < -0.3 is 20.3 Å². The summed E-state index contributed by atoms with van der Waals surface area (Å²) in [6.07, 6.45) is -0.365. The summed E-state index contributed by atoms with van der Waals surface area (Å²) in [7, 11) is -0.128. The van der Waals surface area contributed by atoms with Crippen LogP contribution in [0.25, 0.3) is 0 Å². The number of likely N-dealkylation sites (N-methyl/N-ethyl adjacent to an activating group) is 1. The van der Waals surface area contributed by atoms with Crippen LogP contribution in [-0.4, -0.2) is 82.5 Å². The number of sulfonamides is 1. The highest BCUT2D eigenvalue weighted by molar-refractivity contribution is 7.89. The standard InChI is InChI=1S/C17H25ClN4O5S/c1-21(2)10-8-19-16(23)17(24)20-12-15-22(9-3-11-27-15)28(25,26)14-6-4-13(18)5-7-14/h4-7,15H,3,8-12H2,1-2H3,(H,19,23)(H,20,24). The number of benzene rings is 1. The number of nitrogens with zero attached hydrogens (tertiary/aromatic N) is 2. The maximum Gasteiger partial charge on any atom is 0.309 e. The van der Waals surface area contributed by atoms with Crippen molar-refractivity contribution in [1.29, 1.82) is 0 Å². The molecule has 28 heavy (non-hydrogen) atoms. The van der Waals surface area contributed by atoms with Crippen molar-refractivity contribution in [2.45, 2.75) is 17.5 Å². The Bertz CT molecular complexity index is 785. The van der Waals surface area contributed by atoms with Gasteiger partial charge in [-0.05, 0) is 44.8 Å². The van der Waals surface area contributed by atoms with Gasteiger partial charge in [-0.25, -0.2) is 8.42 Å². The smallest absolute Gasteiger partial charge is 0.309 e. The predicted octanol–water partition coefficient (Wildman–Crippen LogP) is -0.129. The van der Waals surface area contributed by atoms with E-state index >= 15 is 0 Å². The molecule has 1 atom stereocenters. The Morgan fingerprint density at radius 2 is 1.86 bits per heavy atom. The van der Waals surface area contributed by atoms with Crippen LogP contribution in [0.4, 0.5) is 0 Å². The summed E-state index contributed by atoms with van der Waals surface area (Å²) in [6.45, 7) is 1.41. The van der Waals surface area contributed by atoms with E-state index in [4.69, 9.17) is 16.3 Å². The fourth-order valence-electron chi connectivity index (χ4n) is 2.58. The molecule has 156 valence electrons. The van der Waals surface area contributed by atoms with Crippen molar-refractivity contribution in [3.63, 3.8) is 0 Å². The summed E-state index contributed by atoms with van der Waals surface area (Å²) in [5, 5.41) is 5.36. The van der Waals surface area contributed by atoms with E-state index in [2.05, 4.69) is 10.6 Å². The molecule has 2 N–H and O–H groups in total. The maximum atomic E-state index is 12.9. The number of amides is 2. The molecule has 2 rings (SSSR count). The van der Waals surface area contributed by atoms with Crippen molar-refractivity contribution in [1.82, 2.24) is 19.8 Å². The molecule has 1 aliphatic rings. The Morgan fingerprint density at radius 1 is 1.21 bits per heavy atom. The molecule has 1 saturated heterocycles. The van der Waals surface area contributed by atoms with Gasteiger partial charge in [0.15, 0.2) is 0 Å². The van der Waals surface area contributed by atoms with Gasteiger partial charge in [-0.1, -0.05) is 11.6 Å². The molecule has 1 aromatic carbocycles. The average Bonchev–Trinajstić information content (AvgIpc) is 2.66. The molecule has 1 heterocycles. The van der Waals surface area contributed by atoms with Crippen molar-refractivity contribution >= 4 is 33.4 Å². The van der Waals surface area contributed by atoms with E-state index in [9.17, 15) is 18.0 Å². The zero-order valence-electron chi connectivity index (χ0n) is 15.9. The molecule has 0 spiro atoms. The summed E-state index contributed by atoms with van der Waals surface area (Å²) in [6, 6.07) is 5.82. The number of halogens is 1. The quantitative estimate of drug-likeness (QED) is 0.581.